The predicted octanol–water partition coefficient (Wildman–Crippen LogP) is 2.43. The first-order valence-electron chi connectivity index (χ1n) is 11.2. The summed E-state index contributed by atoms with van der Waals surface area (Å²) in [6.07, 6.45) is 11.2. The lowest BCUT2D eigenvalue weighted by molar-refractivity contribution is 0.0531. The molecule has 2 fully saturated rings. The van der Waals surface area contributed by atoms with Crippen LogP contribution in [-0.2, 0) is 17.6 Å². The molecule has 1 aromatic rings. The van der Waals surface area contributed by atoms with E-state index < -0.39 is 6.23 Å². The molecule has 4 N–H and O–H groups in total. The van der Waals surface area contributed by atoms with Gasteiger partial charge < -0.3 is 25.8 Å². The van der Waals surface area contributed by atoms with E-state index in [2.05, 4.69) is 16.3 Å². The Morgan fingerprint density at radius 2 is 1.96 bits per heavy atom. The number of nitrogens with zero attached hydrogens (tertiary/aromatic N) is 2. The van der Waals surface area contributed by atoms with Crippen molar-refractivity contribution >= 4 is 5.82 Å². The number of fused-ring (bicyclic) bond motifs is 1. The zero-order chi connectivity index (χ0) is 19.5. The van der Waals surface area contributed by atoms with Gasteiger partial charge in [0.05, 0.1) is 6.10 Å². The number of hydrogen-bond donors (Lipinski definition) is 3. The van der Waals surface area contributed by atoms with Gasteiger partial charge in [0.1, 0.15) is 12.0 Å². The van der Waals surface area contributed by atoms with Gasteiger partial charge in [-0.1, -0.05) is 19.3 Å². The van der Waals surface area contributed by atoms with Crippen molar-refractivity contribution in [2.75, 3.05) is 25.1 Å². The zero-order valence-electron chi connectivity index (χ0n) is 17.2. The number of rotatable bonds is 5. The van der Waals surface area contributed by atoms with Gasteiger partial charge in [-0.25, -0.2) is 4.98 Å². The second-order valence-electron chi connectivity index (χ2n) is 8.78. The Balaban J connectivity index is 1.50. The summed E-state index contributed by atoms with van der Waals surface area (Å²) in [7, 11) is 1.81. The highest BCUT2D eigenvalue weighted by atomic mass is 16.5. The monoisotopic (exact) mass is 388 g/mol. The second-order valence-corrected chi connectivity index (χ2v) is 8.78. The number of anilines is 1. The van der Waals surface area contributed by atoms with E-state index in [0.29, 0.717) is 12.1 Å². The zero-order valence-corrected chi connectivity index (χ0v) is 17.2. The largest absolute Gasteiger partial charge is 0.378 e. The van der Waals surface area contributed by atoms with Crippen molar-refractivity contribution in [3.63, 3.8) is 0 Å². The van der Waals surface area contributed by atoms with Crippen LogP contribution in [0.25, 0.3) is 0 Å². The maximum absolute atomic E-state index is 10.2. The van der Waals surface area contributed by atoms with Gasteiger partial charge in [-0.15, -0.1) is 0 Å². The molecular weight excluding hydrogens is 352 g/mol. The molecule has 1 aromatic heterocycles. The first-order valence-corrected chi connectivity index (χ1v) is 11.2. The van der Waals surface area contributed by atoms with Gasteiger partial charge in [0, 0.05) is 43.5 Å². The SMILES string of the molecule is COC1CN(c2nc3c(cc2C(N)O)CCCC3)CCC1NC1CCCCC1. The molecule has 6 nitrogen and oxygen atoms in total. The van der Waals surface area contributed by atoms with Gasteiger partial charge in [-0.2, -0.15) is 0 Å². The van der Waals surface area contributed by atoms with Gasteiger partial charge >= 0.3 is 0 Å². The second kappa shape index (κ2) is 9.08. The molecule has 2 heterocycles. The lowest BCUT2D eigenvalue weighted by Gasteiger charge is -2.41. The molecule has 1 saturated carbocycles. The fourth-order valence-electron chi connectivity index (χ4n) is 5.22. The molecule has 0 spiro atoms. The average Bonchev–Trinajstić information content (AvgIpc) is 2.73. The third-order valence-electron chi connectivity index (χ3n) is 6.84. The van der Waals surface area contributed by atoms with E-state index in [1.165, 1.54) is 56.2 Å². The highest BCUT2D eigenvalue weighted by Crippen LogP contribution is 2.31. The molecule has 156 valence electrons. The molecule has 0 bridgehead atoms. The summed E-state index contributed by atoms with van der Waals surface area (Å²) < 4.78 is 5.88. The standard InChI is InChI=1S/C22H36N4O2/c1-28-20-14-26(12-11-19(20)24-16-8-3-2-4-9-16)22-17(21(23)27)13-15-7-5-6-10-18(15)25-22/h13,16,19-21,24,27H,2-12,14,23H2,1H3. The molecule has 3 atom stereocenters. The molecule has 0 aromatic carbocycles. The third kappa shape index (κ3) is 4.35. The van der Waals surface area contributed by atoms with Crippen LogP contribution in [0.5, 0.6) is 0 Å². The summed E-state index contributed by atoms with van der Waals surface area (Å²) in [6, 6.07) is 3.11. The average molecular weight is 389 g/mol. The number of aryl methyl sites for hydroxylation is 2. The summed E-state index contributed by atoms with van der Waals surface area (Å²) in [4.78, 5) is 7.25. The molecule has 6 heteroatoms. The molecule has 28 heavy (non-hydrogen) atoms. The van der Waals surface area contributed by atoms with E-state index in [-0.39, 0.29) is 6.10 Å². The van der Waals surface area contributed by atoms with Crippen molar-refractivity contribution in [2.24, 2.45) is 5.73 Å². The van der Waals surface area contributed by atoms with E-state index in [9.17, 15) is 5.11 Å². The molecule has 3 aliphatic rings. The Morgan fingerprint density at radius 1 is 1.18 bits per heavy atom. The summed E-state index contributed by atoms with van der Waals surface area (Å²) in [6.45, 7) is 1.70. The highest BCUT2D eigenvalue weighted by Gasteiger charge is 2.33. The van der Waals surface area contributed by atoms with E-state index >= 15 is 0 Å². The molecular formula is C22H36N4O2. The van der Waals surface area contributed by atoms with Crippen molar-refractivity contribution < 1.29 is 9.84 Å². The Hall–Kier alpha value is -1.21. The minimum Gasteiger partial charge on any atom is -0.378 e. The van der Waals surface area contributed by atoms with E-state index in [1.807, 2.05) is 7.11 Å². The van der Waals surface area contributed by atoms with Crippen molar-refractivity contribution in [3.05, 3.63) is 22.9 Å². The summed E-state index contributed by atoms with van der Waals surface area (Å²) in [5.74, 6) is 0.855. The van der Waals surface area contributed by atoms with Crippen LogP contribution in [0.2, 0.25) is 0 Å². The van der Waals surface area contributed by atoms with Crippen LogP contribution in [0.3, 0.4) is 0 Å². The Bertz CT molecular complexity index is 660. The maximum atomic E-state index is 10.2. The van der Waals surface area contributed by atoms with Crippen molar-refractivity contribution in [3.8, 4) is 0 Å². The minimum atomic E-state index is -0.992. The third-order valence-corrected chi connectivity index (χ3v) is 6.84. The van der Waals surface area contributed by atoms with Gasteiger partial charge in [0.15, 0.2) is 0 Å². The number of nitrogens with one attached hydrogen (secondary N) is 1. The highest BCUT2D eigenvalue weighted by molar-refractivity contribution is 5.52. The number of methoxy groups -OCH3 is 1. The number of piperidine rings is 1. The number of aliphatic hydroxyl groups is 1. The summed E-state index contributed by atoms with van der Waals surface area (Å²) in [5.41, 5.74) is 9.11. The van der Waals surface area contributed by atoms with E-state index in [0.717, 1.165) is 43.7 Å². The van der Waals surface area contributed by atoms with Gasteiger partial charge in [0.25, 0.3) is 0 Å². The van der Waals surface area contributed by atoms with E-state index in [1.54, 1.807) is 0 Å². The van der Waals surface area contributed by atoms with Crippen LogP contribution >= 0.6 is 0 Å². The number of pyridine rings is 1. The number of hydrogen-bond acceptors (Lipinski definition) is 6. The topological polar surface area (TPSA) is 83.6 Å². The molecule has 0 amide bonds. The molecule has 0 radical (unpaired) electrons. The molecule has 2 aliphatic carbocycles. The fraction of sp³-hybridized carbons (Fsp3) is 0.773. The summed E-state index contributed by atoms with van der Waals surface area (Å²) in [5, 5.41) is 14.1. The maximum Gasteiger partial charge on any atom is 0.136 e. The fourth-order valence-corrected chi connectivity index (χ4v) is 5.22. The number of ether oxygens (including phenoxy) is 1. The molecule has 4 rings (SSSR count). The smallest absolute Gasteiger partial charge is 0.136 e. The summed E-state index contributed by atoms with van der Waals surface area (Å²) >= 11 is 0. The molecule has 1 aliphatic heterocycles. The molecule has 3 unspecified atom stereocenters. The van der Waals surface area contributed by atoms with Crippen LogP contribution < -0.4 is 16.0 Å². The first kappa shape index (κ1) is 20.1. The van der Waals surface area contributed by atoms with Crippen LogP contribution in [0.15, 0.2) is 6.07 Å². The number of aromatic nitrogens is 1. The van der Waals surface area contributed by atoms with E-state index in [4.69, 9.17) is 15.5 Å². The van der Waals surface area contributed by atoms with Crippen LogP contribution in [0.4, 0.5) is 5.82 Å². The predicted molar refractivity (Wildman–Crippen MR) is 111 cm³/mol. The lowest BCUT2D eigenvalue weighted by atomic mass is 9.92. The Labute approximate surface area is 168 Å². The normalized spacial score (nSPS) is 27.5. The quantitative estimate of drug-likeness (QED) is 0.672. The molecule has 1 saturated heterocycles. The Kier molecular flexibility index (Phi) is 6.51. The van der Waals surface area contributed by atoms with Crippen LogP contribution in [-0.4, -0.2) is 48.5 Å². The number of nitrogens with two attached hydrogens (primary N) is 1. The number of aliphatic hydroxyl groups excluding tert-OH is 1. The van der Waals surface area contributed by atoms with Crippen molar-refractivity contribution in [1.82, 2.24) is 10.3 Å². The van der Waals surface area contributed by atoms with Crippen LogP contribution in [0, 0.1) is 0 Å². The van der Waals surface area contributed by atoms with Crippen molar-refractivity contribution in [1.29, 1.82) is 0 Å². The van der Waals surface area contributed by atoms with Gasteiger partial charge in [0.2, 0.25) is 0 Å². The Morgan fingerprint density at radius 3 is 2.71 bits per heavy atom. The lowest BCUT2D eigenvalue weighted by Crippen LogP contribution is -2.56. The minimum absolute atomic E-state index is 0.122. The van der Waals surface area contributed by atoms with Crippen molar-refractivity contribution in [2.45, 2.75) is 88.6 Å². The first-order chi connectivity index (χ1) is 13.7. The van der Waals surface area contributed by atoms with Gasteiger partial charge in [-0.3, -0.25) is 0 Å². The van der Waals surface area contributed by atoms with Gasteiger partial charge in [-0.05, 0) is 56.6 Å². The van der Waals surface area contributed by atoms with Crippen LogP contribution in [0.1, 0.15) is 74.4 Å².